The van der Waals surface area contributed by atoms with E-state index in [0.717, 1.165) is 9.13 Å². The monoisotopic (exact) mass is 460 g/mol. The quantitative estimate of drug-likeness (QED) is 0.394. The summed E-state index contributed by atoms with van der Waals surface area (Å²) in [6.07, 6.45) is 3.02. The van der Waals surface area contributed by atoms with Gasteiger partial charge in [-0.1, -0.05) is 0 Å². The van der Waals surface area contributed by atoms with Gasteiger partial charge < -0.3 is 12.5 Å². The van der Waals surface area contributed by atoms with E-state index in [0.29, 0.717) is 11.5 Å². The van der Waals surface area contributed by atoms with Gasteiger partial charge in [0.2, 0.25) is 0 Å². The lowest BCUT2D eigenvalue weighted by Crippen LogP contribution is -1.94. The Kier molecular flexibility index (Phi) is 6.03. The van der Waals surface area contributed by atoms with Crippen LogP contribution in [0.1, 0.15) is 5.56 Å². The fraction of sp³-hybridized carbons (Fsp3) is 0.182. The van der Waals surface area contributed by atoms with Crippen LogP contribution in [0.3, 0.4) is 0 Å². The molecule has 1 aromatic carbocycles. The summed E-state index contributed by atoms with van der Waals surface area (Å²) in [6.45, 7) is 0. The van der Waals surface area contributed by atoms with E-state index in [4.69, 9.17) is 7.80 Å². The molecule has 0 aliphatic rings. The van der Waals surface area contributed by atoms with Crippen molar-refractivity contribution in [1.29, 1.82) is 0 Å². The molecule has 0 saturated heterocycles. The van der Waals surface area contributed by atoms with Gasteiger partial charge in [-0.3, -0.25) is 0 Å². The largest absolute Gasteiger partial charge is 0.493 e. The van der Waals surface area contributed by atoms with E-state index in [1.54, 1.807) is 42.3 Å². The molecule has 1 rings (SSSR count). The molecule has 92 valence electrons. The van der Waals surface area contributed by atoms with Crippen LogP contribution in [0.15, 0.2) is 18.2 Å². The van der Waals surface area contributed by atoms with Crippen LogP contribution in [-0.4, -0.2) is 20.2 Å². The van der Waals surface area contributed by atoms with E-state index in [1.807, 2.05) is 6.07 Å². The van der Waals surface area contributed by atoms with Gasteiger partial charge in [-0.25, -0.2) is 4.79 Å². The third-order valence-corrected chi connectivity index (χ3v) is 3.18. The molecule has 1 aromatic rings. The highest BCUT2D eigenvalue weighted by molar-refractivity contribution is 14.1. The molecule has 4 nitrogen and oxygen atoms in total. The van der Waals surface area contributed by atoms with Gasteiger partial charge in [0.25, 0.3) is 0 Å². The first kappa shape index (κ1) is 14.6. The van der Waals surface area contributed by atoms with Crippen molar-refractivity contribution in [2.45, 2.75) is 0 Å². The van der Waals surface area contributed by atoms with Crippen LogP contribution in [0, 0.1) is 3.57 Å². The first-order valence-electron chi connectivity index (χ1n) is 4.54. The maximum atomic E-state index is 11.0. The van der Waals surface area contributed by atoms with Crippen LogP contribution < -0.4 is 7.80 Å². The summed E-state index contributed by atoms with van der Waals surface area (Å²) in [6, 6.07) is 3.67. The number of carbonyl (C=O) groups is 1. The summed E-state index contributed by atoms with van der Waals surface area (Å²) in [7, 11) is 2.91. The minimum Gasteiger partial charge on any atom is -0.493 e. The van der Waals surface area contributed by atoms with Crippen LogP contribution in [0.5, 0.6) is 11.5 Å². The van der Waals surface area contributed by atoms with Gasteiger partial charge in [-0.05, 0) is 46.4 Å². The average Bonchev–Trinajstić information content (AvgIpc) is 2.34. The molecule has 0 N–H and O–H groups in total. The van der Waals surface area contributed by atoms with Gasteiger partial charge in [-0.15, -0.1) is 0 Å². The second-order valence-electron chi connectivity index (χ2n) is 2.97. The molecule has 0 aliphatic carbocycles. The maximum absolute atomic E-state index is 11.0. The standard InChI is InChI=1S/C11H10I2O4/c1-15-9-6-7(3-4-10(14)16-2)5-8(12)11(9)17-13/h3-6H,1-2H3/b4-3+. The number of ether oxygens (including phenoxy) is 2. The topological polar surface area (TPSA) is 44.8 Å². The third kappa shape index (κ3) is 4.02. The van der Waals surface area contributed by atoms with E-state index in [2.05, 4.69) is 27.3 Å². The fourth-order valence-electron chi connectivity index (χ4n) is 1.14. The Morgan fingerprint density at radius 1 is 1.35 bits per heavy atom. The van der Waals surface area contributed by atoms with E-state index >= 15 is 0 Å². The van der Waals surface area contributed by atoms with Crippen LogP contribution >= 0.6 is 45.6 Å². The van der Waals surface area contributed by atoms with Crippen LogP contribution in [0.4, 0.5) is 0 Å². The molecule has 0 heterocycles. The molecule has 0 aromatic heterocycles. The fourth-order valence-corrected chi connectivity index (χ4v) is 2.75. The second-order valence-corrected chi connectivity index (χ2v) is 4.57. The van der Waals surface area contributed by atoms with E-state index in [-0.39, 0.29) is 0 Å². The summed E-state index contributed by atoms with van der Waals surface area (Å²) in [5.41, 5.74) is 0.842. The zero-order chi connectivity index (χ0) is 12.8. The Hall–Kier alpha value is -0.510. The van der Waals surface area contributed by atoms with Crippen molar-refractivity contribution in [3.8, 4) is 11.5 Å². The molecule has 0 amide bonds. The predicted molar refractivity (Wildman–Crippen MR) is 81.4 cm³/mol. The molecular formula is C11H10I2O4. The smallest absolute Gasteiger partial charge is 0.330 e. The maximum Gasteiger partial charge on any atom is 0.330 e. The molecule has 0 spiro atoms. The van der Waals surface area contributed by atoms with Gasteiger partial charge in [0.15, 0.2) is 34.5 Å². The SMILES string of the molecule is COC(=O)/C=C/c1cc(I)c(OI)c(OC)c1. The lowest BCUT2D eigenvalue weighted by atomic mass is 10.2. The second kappa shape index (κ2) is 7.04. The molecule has 0 atom stereocenters. The zero-order valence-electron chi connectivity index (χ0n) is 9.20. The Morgan fingerprint density at radius 3 is 2.59 bits per heavy atom. The van der Waals surface area contributed by atoms with E-state index in [9.17, 15) is 4.79 Å². The molecule has 0 radical (unpaired) electrons. The van der Waals surface area contributed by atoms with Crippen molar-refractivity contribution in [2.24, 2.45) is 0 Å². The number of rotatable bonds is 4. The van der Waals surface area contributed by atoms with E-state index < -0.39 is 5.97 Å². The van der Waals surface area contributed by atoms with Gasteiger partial charge in [0.1, 0.15) is 0 Å². The average molecular weight is 460 g/mol. The van der Waals surface area contributed by atoms with Crippen molar-refractivity contribution >= 4 is 57.6 Å². The molecule has 0 fully saturated rings. The highest BCUT2D eigenvalue weighted by Gasteiger charge is 2.10. The Labute approximate surface area is 127 Å². The normalized spacial score (nSPS) is 10.4. The molecule has 6 heteroatoms. The number of halogens is 2. The molecule has 0 saturated carbocycles. The van der Waals surface area contributed by atoms with Crippen molar-refractivity contribution in [3.05, 3.63) is 27.3 Å². The first-order valence-corrected chi connectivity index (χ1v) is 6.50. The van der Waals surface area contributed by atoms with Gasteiger partial charge in [-0.2, -0.15) is 0 Å². The number of carbonyl (C=O) groups excluding carboxylic acids is 1. The van der Waals surface area contributed by atoms with Crippen LogP contribution in [-0.2, 0) is 9.53 Å². The summed E-state index contributed by atoms with van der Waals surface area (Å²) < 4.78 is 15.8. The third-order valence-electron chi connectivity index (χ3n) is 1.94. The summed E-state index contributed by atoms with van der Waals surface area (Å²) in [4.78, 5) is 11.0. The number of hydrogen-bond acceptors (Lipinski definition) is 4. The van der Waals surface area contributed by atoms with Crippen LogP contribution in [0.25, 0.3) is 6.08 Å². The lowest BCUT2D eigenvalue weighted by molar-refractivity contribution is -0.134. The Bertz CT molecular complexity index is 443. The van der Waals surface area contributed by atoms with Gasteiger partial charge in [0.05, 0.1) is 17.8 Å². The predicted octanol–water partition coefficient (Wildman–Crippen LogP) is 3.21. The molecule has 17 heavy (non-hydrogen) atoms. The summed E-state index contributed by atoms with van der Waals surface area (Å²) in [5.74, 6) is 0.896. The summed E-state index contributed by atoms with van der Waals surface area (Å²) >= 11 is 3.94. The number of methoxy groups -OCH3 is 2. The Balaban J connectivity index is 3.07. The van der Waals surface area contributed by atoms with Crippen molar-refractivity contribution in [2.75, 3.05) is 14.2 Å². The zero-order valence-corrected chi connectivity index (χ0v) is 13.5. The highest BCUT2D eigenvalue weighted by atomic mass is 127. The molecule has 0 bridgehead atoms. The van der Waals surface area contributed by atoms with Crippen LogP contribution in [0.2, 0.25) is 0 Å². The lowest BCUT2D eigenvalue weighted by Gasteiger charge is -2.08. The first-order chi connectivity index (χ1) is 8.12. The number of hydrogen-bond donors (Lipinski definition) is 0. The van der Waals surface area contributed by atoms with Crippen molar-refractivity contribution in [1.82, 2.24) is 0 Å². The minimum absolute atomic E-state index is 0.395. The Morgan fingerprint density at radius 2 is 2.06 bits per heavy atom. The van der Waals surface area contributed by atoms with Gasteiger partial charge >= 0.3 is 5.97 Å². The molecule has 0 unspecified atom stereocenters. The number of esters is 1. The van der Waals surface area contributed by atoms with E-state index in [1.165, 1.54) is 13.2 Å². The molecule has 0 aliphatic heterocycles. The van der Waals surface area contributed by atoms with Crippen molar-refractivity contribution in [3.63, 3.8) is 0 Å². The summed E-state index contributed by atoms with van der Waals surface area (Å²) in [5, 5.41) is 0. The highest BCUT2D eigenvalue weighted by Crippen LogP contribution is 2.35. The molecular weight excluding hydrogens is 450 g/mol. The number of benzene rings is 1. The van der Waals surface area contributed by atoms with Crippen molar-refractivity contribution < 1.29 is 17.3 Å². The van der Waals surface area contributed by atoms with Gasteiger partial charge in [0, 0.05) is 6.08 Å². The minimum atomic E-state index is -0.395.